The first-order valence-corrected chi connectivity index (χ1v) is 6.78. The summed E-state index contributed by atoms with van der Waals surface area (Å²) in [5.74, 6) is -0.166. The molecule has 2 unspecified atom stereocenters. The van der Waals surface area contributed by atoms with Crippen molar-refractivity contribution in [2.45, 2.75) is 44.2 Å². The van der Waals surface area contributed by atoms with Crippen LogP contribution in [0.4, 0.5) is 0 Å². The number of hydrogen-bond donors (Lipinski definition) is 2. The van der Waals surface area contributed by atoms with Crippen LogP contribution in [0.15, 0.2) is 0 Å². The molecule has 84 valence electrons. The first-order chi connectivity index (χ1) is 7.11. The fraction of sp³-hybridized carbons (Fsp3) is 0.889. The second kappa shape index (κ2) is 4.08. The first-order valence-electron chi connectivity index (χ1n) is 5.30. The molecule has 15 heavy (non-hydrogen) atoms. The van der Waals surface area contributed by atoms with Gasteiger partial charge < -0.3 is 0 Å². The predicted molar refractivity (Wildman–Crippen MR) is 55.0 cm³/mol. The summed E-state index contributed by atoms with van der Waals surface area (Å²) in [6, 6.07) is 2.06. The number of nitrogens with one attached hydrogen (secondary N) is 2. The van der Waals surface area contributed by atoms with E-state index in [-0.39, 0.29) is 18.0 Å². The van der Waals surface area contributed by atoms with Crippen molar-refractivity contribution in [3.05, 3.63) is 0 Å². The monoisotopic (exact) mass is 229 g/mol. The topological polar surface area (TPSA) is 82.0 Å². The van der Waals surface area contributed by atoms with Crippen LogP contribution in [0.25, 0.3) is 0 Å². The number of nitriles is 1. The maximum atomic E-state index is 11.6. The predicted octanol–water partition coefficient (Wildman–Crippen LogP) is 0.265. The molecule has 0 aliphatic heterocycles. The number of rotatable bonds is 4. The molecule has 2 fully saturated rings. The van der Waals surface area contributed by atoms with Gasteiger partial charge in [-0.25, -0.2) is 0 Å². The lowest BCUT2D eigenvalue weighted by atomic mass is 10.1. The van der Waals surface area contributed by atoms with Gasteiger partial charge in [0, 0.05) is 12.1 Å². The van der Waals surface area contributed by atoms with Crippen molar-refractivity contribution in [3.63, 3.8) is 0 Å². The van der Waals surface area contributed by atoms with Crippen LogP contribution in [-0.2, 0) is 10.2 Å². The SMILES string of the molecule is N#CC1CCCC1NS(=O)(=O)NC1CC1. The van der Waals surface area contributed by atoms with Crippen LogP contribution in [0, 0.1) is 17.2 Å². The molecule has 0 aromatic heterocycles. The second-order valence-electron chi connectivity index (χ2n) is 4.29. The summed E-state index contributed by atoms with van der Waals surface area (Å²) < 4.78 is 28.3. The standard InChI is InChI=1S/C9H15N3O2S/c10-6-7-2-1-3-9(7)12-15(13,14)11-8-4-5-8/h7-9,11-12H,1-5H2. The zero-order valence-corrected chi connectivity index (χ0v) is 9.26. The molecule has 0 heterocycles. The van der Waals surface area contributed by atoms with Gasteiger partial charge in [-0.2, -0.15) is 23.1 Å². The Bertz CT molecular complexity index is 369. The van der Waals surface area contributed by atoms with Crippen molar-refractivity contribution < 1.29 is 8.42 Å². The fourth-order valence-electron chi connectivity index (χ4n) is 1.91. The lowest BCUT2D eigenvalue weighted by molar-refractivity contribution is 0.506. The summed E-state index contributed by atoms with van der Waals surface area (Å²) in [7, 11) is -3.40. The fourth-order valence-corrected chi connectivity index (χ4v) is 3.33. The van der Waals surface area contributed by atoms with E-state index in [0.29, 0.717) is 0 Å². The summed E-state index contributed by atoms with van der Waals surface area (Å²) in [6.07, 6.45) is 4.34. The molecule has 0 bridgehead atoms. The number of hydrogen-bond acceptors (Lipinski definition) is 3. The molecule has 5 nitrogen and oxygen atoms in total. The zero-order valence-electron chi connectivity index (χ0n) is 8.44. The molecule has 6 heteroatoms. The Labute approximate surface area is 90.0 Å². The molecule has 2 rings (SSSR count). The molecule has 0 aromatic carbocycles. The van der Waals surface area contributed by atoms with E-state index < -0.39 is 10.2 Å². The molecule has 2 aliphatic carbocycles. The van der Waals surface area contributed by atoms with Crippen LogP contribution in [0.1, 0.15) is 32.1 Å². The maximum Gasteiger partial charge on any atom is 0.277 e. The van der Waals surface area contributed by atoms with E-state index in [2.05, 4.69) is 15.5 Å². The van der Waals surface area contributed by atoms with Gasteiger partial charge in [0.2, 0.25) is 0 Å². The lowest BCUT2D eigenvalue weighted by Crippen LogP contribution is -2.44. The smallest absolute Gasteiger partial charge is 0.199 e. The lowest BCUT2D eigenvalue weighted by Gasteiger charge is -2.15. The maximum absolute atomic E-state index is 11.6. The first kappa shape index (κ1) is 10.9. The normalized spacial score (nSPS) is 31.4. The van der Waals surface area contributed by atoms with Crippen molar-refractivity contribution in [1.82, 2.24) is 9.44 Å². The quantitative estimate of drug-likeness (QED) is 0.725. The Balaban J connectivity index is 1.92. The Morgan fingerprint density at radius 3 is 2.47 bits per heavy atom. The van der Waals surface area contributed by atoms with Crippen molar-refractivity contribution in [3.8, 4) is 6.07 Å². The van der Waals surface area contributed by atoms with E-state index >= 15 is 0 Å². The van der Waals surface area contributed by atoms with E-state index in [1.807, 2.05) is 0 Å². The molecule has 2 aliphatic rings. The molecular formula is C9H15N3O2S. The third-order valence-electron chi connectivity index (χ3n) is 2.89. The summed E-state index contributed by atoms with van der Waals surface area (Å²) >= 11 is 0. The van der Waals surface area contributed by atoms with E-state index in [4.69, 9.17) is 5.26 Å². The van der Waals surface area contributed by atoms with Gasteiger partial charge in [0.15, 0.2) is 0 Å². The molecule has 2 N–H and O–H groups in total. The number of nitrogens with zero attached hydrogens (tertiary/aromatic N) is 1. The highest BCUT2D eigenvalue weighted by molar-refractivity contribution is 7.87. The molecule has 0 amide bonds. The van der Waals surface area contributed by atoms with Crippen molar-refractivity contribution in [1.29, 1.82) is 5.26 Å². The minimum atomic E-state index is -3.40. The zero-order chi connectivity index (χ0) is 10.9. The van der Waals surface area contributed by atoms with E-state index in [1.165, 1.54) is 0 Å². The van der Waals surface area contributed by atoms with Crippen LogP contribution in [0.3, 0.4) is 0 Å². The highest BCUT2D eigenvalue weighted by Gasteiger charge is 2.33. The molecule has 0 spiro atoms. The van der Waals surface area contributed by atoms with Gasteiger partial charge >= 0.3 is 0 Å². The average Bonchev–Trinajstić information content (AvgIpc) is 2.82. The minimum Gasteiger partial charge on any atom is -0.199 e. The molecule has 0 radical (unpaired) electrons. The third-order valence-corrected chi connectivity index (χ3v) is 4.14. The Morgan fingerprint density at radius 2 is 1.87 bits per heavy atom. The molecular weight excluding hydrogens is 214 g/mol. The Morgan fingerprint density at radius 1 is 1.13 bits per heavy atom. The van der Waals surface area contributed by atoms with Crippen LogP contribution in [-0.4, -0.2) is 20.5 Å². The summed E-state index contributed by atoms with van der Waals surface area (Å²) in [5.41, 5.74) is 0. The van der Waals surface area contributed by atoms with E-state index in [9.17, 15) is 8.42 Å². The van der Waals surface area contributed by atoms with Gasteiger partial charge in [-0.1, -0.05) is 6.42 Å². The highest BCUT2D eigenvalue weighted by Crippen LogP contribution is 2.26. The largest absolute Gasteiger partial charge is 0.277 e. The second-order valence-corrected chi connectivity index (χ2v) is 5.76. The Kier molecular flexibility index (Phi) is 2.96. The van der Waals surface area contributed by atoms with Crippen molar-refractivity contribution >= 4 is 10.2 Å². The Hall–Kier alpha value is -0.640. The van der Waals surface area contributed by atoms with Gasteiger partial charge in [-0.15, -0.1) is 0 Å². The van der Waals surface area contributed by atoms with Crippen molar-refractivity contribution in [2.75, 3.05) is 0 Å². The highest BCUT2D eigenvalue weighted by atomic mass is 32.2. The van der Waals surface area contributed by atoms with Gasteiger partial charge in [0.05, 0.1) is 12.0 Å². The van der Waals surface area contributed by atoms with Crippen LogP contribution in [0.2, 0.25) is 0 Å². The summed E-state index contributed by atoms with van der Waals surface area (Å²) in [5, 5.41) is 8.82. The average molecular weight is 229 g/mol. The van der Waals surface area contributed by atoms with E-state index in [1.54, 1.807) is 0 Å². The molecule has 2 saturated carbocycles. The van der Waals surface area contributed by atoms with Crippen molar-refractivity contribution in [2.24, 2.45) is 5.92 Å². The van der Waals surface area contributed by atoms with Gasteiger partial charge in [-0.05, 0) is 25.7 Å². The van der Waals surface area contributed by atoms with Gasteiger partial charge in [-0.3, -0.25) is 0 Å². The molecule has 2 atom stereocenters. The third kappa shape index (κ3) is 2.91. The van der Waals surface area contributed by atoms with Crippen LogP contribution < -0.4 is 9.44 Å². The minimum absolute atomic E-state index is 0.115. The summed E-state index contributed by atoms with van der Waals surface area (Å²) in [4.78, 5) is 0. The summed E-state index contributed by atoms with van der Waals surface area (Å²) in [6.45, 7) is 0. The van der Waals surface area contributed by atoms with Crippen LogP contribution in [0.5, 0.6) is 0 Å². The van der Waals surface area contributed by atoms with Crippen LogP contribution >= 0.6 is 0 Å². The molecule has 0 saturated heterocycles. The van der Waals surface area contributed by atoms with Gasteiger partial charge in [0.1, 0.15) is 0 Å². The molecule has 0 aromatic rings. The van der Waals surface area contributed by atoms with E-state index in [0.717, 1.165) is 32.1 Å². The van der Waals surface area contributed by atoms with Gasteiger partial charge in [0.25, 0.3) is 10.2 Å².